The van der Waals surface area contributed by atoms with Crippen LogP contribution in [0.3, 0.4) is 0 Å². The molecule has 2 aliphatic rings. The molecule has 36 heavy (non-hydrogen) atoms. The second-order valence-electron chi connectivity index (χ2n) is 9.23. The van der Waals surface area contributed by atoms with Crippen molar-refractivity contribution in [3.8, 4) is 11.5 Å². The number of carboxylic acid groups (broad SMARTS) is 1. The number of aliphatic carboxylic acids is 1. The number of amides is 3. The number of benzene rings is 2. The number of carboxylic acids is 1. The summed E-state index contributed by atoms with van der Waals surface area (Å²) >= 11 is 0. The molecule has 1 saturated carbocycles. The maximum atomic E-state index is 12.9. The van der Waals surface area contributed by atoms with E-state index < -0.39 is 23.6 Å². The molecule has 0 aromatic heterocycles. The van der Waals surface area contributed by atoms with Gasteiger partial charge in [-0.25, -0.2) is 4.79 Å². The van der Waals surface area contributed by atoms with Gasteiger partial charge in [0.15, 0.2) is 11.5 Å². The van der Waals surface area contributed by atoms with Gasteiger partial charge >= 0.3 is 12.0 Å². The van der Waals surface area contributed by atoms with E-state index in [1.165, 1.54) is 0 Å². The number of fused-ring (bicyclic) bond motifs is 1. The third-order valence-corrected chi connectivity index (χ3v) is 6.50. The molecular formula is C26H31N3O7. The van der Waals surface area contributed by atoms with Gasteiger partial charge < -0.3 is 35.6 Å². The van der Waals surface area contributed by atoms with Crippen molar-refractivity contribution in [2.24, 2.45) is 0 Å². The zero-order valence-electron chi connectivity index (χ0n) is 19.9. The molecule has 2 aromatic rings. The van der Waals surface area contributed by atoms with Crippen LogP contribution in [0, 0.1) is 0 Å². The first-order chi connectivity index (χ1) is 17.3. The molecule has 10 nitrogen and oxygen atoms in total. The van der Waals surface area contributed by atoms with Crippen molar-refractivity contribution in [1.82, 2.24) is 10.6 Å². The second kappa shape index (κ2) is 11.3. The van der Waals surface area contributed by atoms with Gasteiger partial charge in [0.05, 0.1) is 18.1 Å². The lowest BCUT2D eigenvalue weighted by Gasteiger charge is -2.35. The maximum Gasteiger partial charge on any atom is 0.319 e. The number of ether oxygens (including phenoxy) is 2. The number of carbonyl (C=O) groups is 3. The van der Waals surface area contributed by atoms with Crippen LogP contribution in [0.15, 0.2) is 42.5 Å². The highest BCUT2D eigenvalue weighted by Gasteiger charge is 2.33. The van der Waals surface area contributed by atoms with Crippen LogP contribution >= 0.6 is 0 Å². The molecule has 1 fully saturated rings. The third-order valence-electron chi connectivity index (χ3n) is 6.50. The van der Waals surface area contributed by atoms with Crippen LogP contribution in [-0.2, 0) is 4.79 Å². The average molecular weight is 498 g/mol. The summed E-state index contributed by atoms with van der Waals surface area (Å²) in [6, 6.07) is 10.9. The normalized spacial score (nSPS) is 16.6. The van der Waals surface area contributed by atoms with E-state index in [1.54, 1.807) is 42.5 Å². The molecule has 0 bridgehead atoms. The minimum Gasteiger partial charge on any atom is -0.481 e. The highest BCUT2D eigenvalue weighted by Crippen LogP contribution is 2.36. The van der Waals surface area contributed by atoms with Crippen LogP contribution in [0.2, 0.25) is 0 Å². The fraction of sp³-hybridized carbons (Fsp3) is 0.423. The molecule has 10 heteroatoms. The number of hydrogen-bond donors (Lipinski definition) is 5. The number of anilines is 1. The second-order valence-corrected chi connectivity index (χ2v) is 9.23. The first-order valence-electron chi connectivity index (χ1n) is 12.1. The highest BCUT2D eigenvalue weighted by atomic mass is 16.7. The van der Waals surface area contributed by atoms with Crippen LogP contribution in [0.1, 0.15) is 66.9 Å². The molecular weight excluding hydrogens is 466 g/mol. The van der Waals surface area contributed by atoms with E-state index in [2.05, 4.69) is 16.0 Å². The van der Waals surface area contributed by atoms with Crippen molar-refractivity contribution in [1.29, 1.82) is 0 Å². The zero-order chi connectivity index (χ0) is 25.5. The molecule has 2 aromatic carbocycles. The van der Waals surface area contributed by atoms with Crippen LogP contribution in [0.25, 0.3) is 0 Å². The van der Waals surface area contributed by atoms with E-state index in [0.29, 0.717) is 42.0 Å². The number of aliphatic hydroxyl groups is 1. The van der Waals surface area contributed by atoms with Crippen molar-refractivity contribution in [3.63, 3.8) is 0 Å². The standard InChI is InChI=1S/C26H31N3O7/c30-23(31)10-13-27-24(32)18-6-4-17(5-7-18)20(15-26(34)11-2-1-3-12-26)29-25(33)28-19-8-9-21-22(14-19)36-16-35-21/h4-9,14,20,34H,1-3,10-13,15-16H2,(H,27,32)(H,30,31)(H2,28,29,33). The molecule has 0 spiro atoms. The Morgan fingerprint density at radius 2 is 1.69 bits per heavy atom. The van der Waals surface area contributed by atoms with Gasteiger partial charge in [-0.2, -0.15) is 0 Å². The van der Waals surface area contributed by atoms with Gasteiger partial charge in [0, 0.05) is 30.3 Å². The Kier molecular flexibility index (Phi) is 7.94. The maximum absolute atomic E-state index is 12.9. The monoisotopic (exact) mass is 497 g/mol. The van der Waals surface area contributed by atoms with Crippen LogP contribution in [-0.4, -0.2) is 47.1 Å². The van der Waals surface area contributed by atoms with E-state index in [4.69, 9.17) is 14.6 Å². The number of urea groups is 1. The number of nitrogens with one attached hydrogen (secondary N) is 3. The van der Waals surface area contributed by atoms with E-state index in [1.807, 2.05) is 0 Å². The topological polar surface area (TPSA) is 146 Å². The van der Waals surface area contributed by atoms with E-state index in [0.717, 1.165) is 24.8 Å². The van der Waals surface area contributed by atoms with Crippen molar-refractivity contribution in [3.05, 3.63) is 53.6 Å². The Morgan fingerprint density at radius 1 is 0.972 bits per heavy atom. The number of hydrogen-bond acceptors (Lipinski definition) is 6. The lowest BCUT2D eigenvalue weighted by molar-refractivity contribution is -0.136. The molecule has 1 aliphatic carbocycles. The van der Waals surface area contributed by atoms with Gasteiger partial charge in [-0.15, -0.1) is 0 Å². The summed E-state index contributed by atoms with van der Waals surface area (Å²) in [6.07, 6.45) is 4.46. The molecule has 1 heterocycles. The highest BCUT2D eigenvalue weighted by molar-refractivity contribution is 5.94. The molecule has 192 valence electrons. The fourth-order valence-corrected chi connectivity index (χ4v) is 4.60. The van der Waals surface area contributed by atoms with Gasteiger partial charge in [0.2, 0.25) is 6.79 Å². The van der Waals surface area contributed by atoms with Gasteiger partial charge in [-0.1, -0.05) is 31.4 Å². The van der Waals surface area contributed by atoms with Crippen molar-refractivity contribution >= 4 is 23.6 Å². The van der Waals surface area contributed by atoms with Crippen molar-refractivity contribution < 1.29 is 34.1 Å². The van der Waals surface area contributed by atoms with E-state index in [9.17, 15) is 19.5 Å². The average Bonchev–Trinajstić information content (AvgIpc) is 3.32. The van der Waals surface area contributed by atoms with Crippen LogP contribution < -0.4 is 25.4 Å². The molecule has 1 atom stereocenters. The summed E-state index contributed by atoms with van der Waals surface area (Å²) in [7, 11) is 0. The molecule has 3 amide bonds. The molecule has 1 unspecified atom stereocenters. The first kappa shape index (κ1) is 25.3. The lowest BCUT2D eigenvalue weighted by atomic mass is 9.79. The Labute approximate surface area is 209 Å². The zero-order valence-corrected chi connectivity index (χ0v) is 19.9. The Hall–Kier alpha value is -3.79. The summed E-state index contributed by atoms with van der Waals surface area (Å²) < 4.78 is 10.7. The minimum atomic E-state index is -0.987. The lowest BCUT2D eigenvalue weighted by Crippen LogP contribution is -2.40. The SMILES string of the molecule is O=C(O)CCNC(=O)c1ccc(C(CC2(O)CCCCC2)NC(=O)Nc2ccc3c(c2)OCO3)cc1. The quantitative estimate of drug-likeness (QED) is 0.356. The third kappa shape index (κ3) is 6.66. The fourth-order valence-electron chi connectivity index (χ4n) is 4.60. The summed E-state index contributed by atoms with van der Waals surface area (Å²) in [4.78, 5) is 35.9. The van der Waals surface area contributed by atoms with Gasteiger partial charge in [-0.05, 0) is 42.7 Å². The number of rotatable bonds is 9. The first-order valence-corrected chi connectivity index (χ1v) is 12.1. The predicted octanol–water partition coefficient (Wildman–Crippen LogP) is 3.57. The van der Waals surface area contributed by atoms with Crippen molar-refractivity contribution in [2.75, 3.05) is 18.7 Å². The molecule has 1 aliphatic heterocycles. The number of carbonyl (C=O) groups excluding carboxylic acids is 2. The minimum absolute atomic E-state index is 0.0349. The summed E-state index contributed by atoms with van der Waals surface area (Å²) in [6.45, 7) is 0.173. The largest absolute Gasteiger partial charge is 0.481 e. The van der Waals surface area contributed by atoms with Crippen molar-refractivity contribution in [2.45, 2.75) is 56.6 Å². The smallest absolute Gasteiger partial charge is 0.319 e. The Bertz CT molecular complexity index is 1100. The van der Waals surface area contributed by atoms with Crippen LogP contribution in [0.4, 0.5) is 10.5 Å². The molecule has 0 saturated heterocycles. The summed E-state index contributed by atoms with van der Waals surface area (Å²) in [5.74, 6) is -0.193. The van der Waals surface area contributed by atoms with E-state index >= 15 is 0 Å². The van der Waals surface area contributed by atoms with E-state index in [-0.39, 0.29) is 25.7 Å². The van der Waals surface area contributed by atoms with Gasteiger partial charge in [0.1, 0.15) is 0 Å². The van der Waals surface area contributed by atoms with Gasteiger partial charge in [-0.3, -0.25) is 9.59 Å². The predicted molar refractivity (Wildman–Crippen MR) is 131 cm³/mol. The van der Waals surface area contributed by atoms with Gasteiger partial charge in [0.25, 0.3) is 5.91 Å². The summed E-state index contributed by atoms with van der Waals surface area (Å²) in [5.41, 5.74) is 0.781. The molecule has 0 radical (unpaired) electrons. The summed E-state index contributed by atoms with van der Waals surface area (Å²) in [5, 5.41) is 28.3. The molecule has 4 rings (SSSR count). The molecule has 5 N–H and O–H groups in total. The Morgan fingerprint density at radius 3 is 2.42 bits per heavy atom. The Balaban J connectivity index is 1.45. The van der Waals surface area contributed by atoms with Crippen LogP contribution in [0.5, 0.6) is 11.5 Å².